The minimum atomic E-state index is -0.486. The van der Waals surface area contributed by atoms with Crippen LogP contribution in [0.4, 0.5) is 0 Å². The number of hydrogen-bond acceptors (Lipinski definition) is 3. The van der Waals surface area contributed by atoms with Gasteiger partial charge < -0.3 is 14.9 Å². The van der Waals surface area contributed by atoms with Crippen LogP contribution in [0.1, 0.15) is 11.4 Å². The molecule has 0 aliphatic carbocycles. The smallest absolute Gasteiger partial charge is 0.358 e. The quantitative estimate of drug-likeness (QED) is 0.497. The van der Waals surface area contributed by atoms with Crippen LogP contribution in [0.5, 0.6) is 0 Å². The fourth-order valence-corrected chi connectivity index (χ4v) is 1.20. The van der Waals surface area contributed by atoms with Crippen LogP contribution in [0, 0.1) is 0 Å². The predicted octanol–water partition coefficient (Wildman–Crippen LogP) is -0.514. The monoisotopic (exact) mass is 156 g/mol. The average molecular weight is 156 g/mol. The molecule has 5 heteroatoms. The summed E-state index contributed by atoms with van der Waals surface area (Å²) in [6, 6.07) is 0. The van der Waals surface area contributed by atoms with Crippen molar-refractivity contribution in [3.63, 3.8) is 0 Å². The molecule has 11 heavy (non-hydrogen) atoms. The van der Waals surface area contributed by atoms with Crippen molar-refractivity contribution in [1.82, 2.24) is 9.71 Å². The van der Waals surface area contributed by atoms with Gasteiger partial charge in [-0.05, 0) is 0 Å². The third kappa shape index (κ3) is 0.848. The summed E-state index contributed by atoms with van der Waals surface area (Å²) < 4.78 is 5.66. The lowest BCUT2D eigenvalue weighted by molar-refractivity contribution is 0.0792. The van der Waals surface area contributed by atoms with Crippen molar-refractivity contribution in [2.45, 2.75) is 13.0 Å². The van der Waals surface area contributed by atoms with Gasteiger partial charge >= 0.3 is 5.69 Å². The molecule has 1 aliphatic rings. The van der Waals surface area contributed by atoms with Crippen LogP contribution < -0.4 is 5.69 Å². The molecule has 1 aliphatic heterocycles. The number of nitrogens with one attached hydrogen (secondary N) is 1. The molecule has 0 amide bonds. The molecular weight excluding hydrogens is 148 g/mol. The Hall–Kier alpha value is -1.23. The van der Waals surface area contributed by atoms with Crippen LogP contribution in [0.15, 0.2) is 4.79 Å². The van der Waals surface area contributed by atoms with Crippen LogP contribution in [-0.4, -0.2) is 21.5 Å². The van der Waals surface area contributed by atoms with Crippen molar-refractivity contribution in [2.75, 3.05) is 6.61 Å². The molecule has 5 nitrogen and oxygen atoms in total. The van der Waals surface area contributed by atoms with Gasteiger partial charge in [0.25, 0.3) is 0 Å². The largest absolute Gasteiger partial charge is 0.424 e. The molecule has 0 unspecified atom stereocenters. The maximum absolute atomic E-state index is 10.8. The number of aromatic nitrogens is 2. The summed E-state index contributed by atoms with van der Waals surface area (Å²) in [5.41, 5.74) is 0.838. The van der Waals surface area contributed by atoms with Crippen molar-refractivity contribution < 1.29 is 9.94 Å². The van der Waals surface area contributed by atoms with Crippen LogP contribution in [-0.2, 0) is 17.8 Å². The number of ether oxygens (including phenoxy) is 1. The lowest BCUT2D eigenvalue weighted by Crippen LogP contribution is -2.17. The molecule has 1 aromatic heterocycles. The molecule has 2 rings (SSSR count). The summed E-state index contributed by atoms with van der Waals surface area (Å²) in [6.07, 6.45) is 0.665. The Morgan fingerprint density at radius 1 is 1.64 bits per heavy atom. The number of hydrogen-bond donors (Lipinski definition) is 2. The third-order valence-electron chi connectivity index (χ3n) is 1.79. The van der Waals surface area contributed by atoms with E-state index in [1.165, 1.54) is 0 Å². The summed E-state index contributed by atoms with van der Waals surface area (Å²) in [5, 5.41) is 9.08. The second-order valence-electron chi connectivity index (χ2n) is 2.47. The van der Waals surface area contributed by atoms with Crippen molar-refractivity contribution in [3.8, 4) is 0 Å². The summed E-state index contributed by atoms with van der Waals surface area (Å²) >= 11 is 0. The lowest BCUT2D eigenvalue weighted by atomic mass is 10.2. The first-order chi connectivity index (χ1) is 5.29. The van der Waals surface area contributed by atoms with Gasteiger partial charge in [0.1, 0.15) is 5.69 Å². The van der Waals surface area contributed by atoms with Crippen LogP contribution in [0.3, 0.4) is 0 Å². The Balaban J connectivity index is 2.59. The van der Waals surface area contributed by atoms with E-state index in [-0.39, 0.29) is 0 Å². The van der Waals surface area contributed by atoms with Gasteiger partial charge in [0.2, 0.25) is 0 Å². The fraction of sp³-hybridized carbons (Fsp3) is 0.500. The molecule has 0 saturated carbocycles. The Bertz CT molecular complexity index is 325. The molecule has 60 valence electrons. The number of rotatable bonds is 0. The Morgan fingerprint density at radius 2 is 2.45 bits per heavy atom. The number of imidazole rings is 1. The normalized spacial score (nSPS) is 16.4. The van der Waals surface area contributed by atoms with Crippen molar-refractivity contribution in [2.24, 2.45) is 0 Å². The molecule has 0 aromatic carbocycles. The molecule has 2 heterocycles. The van der Waals surface area contributed by atoms with Crippen molar-refractivity contribution in [1.29, 1.82) is 0 Å². The van der Waals surface area contributed by atoms with E-state index in [0.717, 1.165) is 5.69 Å². The number of nitrogens with zero attached hydrogens (tertiary/aromatic N) is 1. The molecule has 0 spiro atoms. The number of aromatic amines is 1. The first-order valence-electron chi connectivity index (χ1n) is 3.39. The van der Waals surface area contributed by atoms with Crippen LogP contribution >= 0.6 is 0 Å². The van der Waals surface area contributed by atoms with Gasteiger partial charge in [0, 0.05) is 12.1 Å². The van der Waals surface area contributed by atoms with E-state index in [4.69, 9.17) is 9.94 Å². The van der Waals surface area contributed by atoms with E-state index in [9.17, 15) is 4.79 Å². The highest BCUT2D eigenvalue weighted by molar-refractivity contribution is 5.13. The van der Waals surface area contributed by atoms with Crippen molar-refractivity contribution >= 4 is 0 Å². The zero-order valence-corrected chi connectivity index (χ0v) is 5.83. The maximum Gasteiger partial charge on any atom is 0.358 e. The summed E-state index contributed by atoms with van der Waals surface area (Å²) in [7, 11) is 0. The molecule has 0 saturated heterocycles. The SMILES string of the molecule is O=c1[nH]c2c(n1O)COCC2. The third-order valence-corrected chi connectivity index (χ3v) is 1.79. The zero-order valence-electron chi connectivity index (χ0n) is 5.83. The second-order valence-corrected chi connectivity index (χ2v) is 2.47. The summed E-state index contributed by atoms with van der Waals surface area (Å²) in [4.78, 5) is 13.4. The molecule has 2 N–H and O–H groups in total. The standard InChI is InChI=1S/C6H8N2O3/c9-6-7-4-1-2-11-3-5(4)8(6)10/h10H,1-3H2,(H,7,9). The minimum Gasteiger partial charge on any atom is -0.424 e. The van der Waals surface area contributed by atoms with Gasteiger partial charge in [0.05, 0.1) is 13.2 Å². The molecule has 0 radical (unpaired) electrons. The van der Waals surface area contributed by atoms with E-state index in [2.05, 4.69) is 4.98 Å². The molecule has 0 atom stereocenters. The van der Waals surface area contributed by atoms with E-state index < -0.39 is 5.69 Å². The zero-order chi connectivity index (χ0) is 7.84. The van der Waals surface area contributed by atoms with E-state index in [0.29, 0.717) is 30.1 Å². The lowest BCUT2D eigenvalue weighted by Gasteiger charge is -2.10. The minimum absolute atomic E-state index is 0.310. The van der Waals surface area contributed by atoms with Gasteiger partial charge in [0.15, 0.2) is 0 Å². The van der Waals surface area contributed by atoms with Crippen molar-refractivity contribution in [3.05, 3.63) is 21.9 Å². The Labute approximate surface area is 62.2 Å². The fourth-order valence-electron chi connectivity index (χ4n) is 1.20. The van der Waals surface area contributed by atoms with Gasteiger partial charge in [-0.25, -0.2) is 4.79 Å². The molecule has 1 aromatic rings. The predicted molar refractivity (Wildman–Crippen MR) is 35.6 cm³/mol. The highest BCUT2D eigenvalue weighted by Crippen LogP contribution is 2.10. The van der Waals surface area contributed by atoms with Gasteiger partial charge in [-0.3, -0.25) is 0 Å². The van der Waals surface area contributed by atoms with Crippen LogP contribution in [0.25, 0.3) is 0 Å². The van der Waals surface area contributed by atoms with E-state index >= 15 is 0 Å². The summed E-state index contributed by atoms with van der Waals surface area (Å²) in [6.45, 7) is 0.914. The van der Waals surface area contributed by atoms with E-state index in [1.807, 2.05) is 0 Å². The highest BCUT2D eigenvalue weighted by atomic mass is 16.5. The number of H-pyrrole nitrogens is 1. The van der Waals surface area contributed by atoms with E-state index in [1.54, 1.807) is 0 Å². The average Bonchev–Trinajstić information content (AvgIpc) is 2.30. The highest BCUT2D eigenvalue weighted by Gasteiger charge is 2.16. The van der Waals surface area contributed by atoms with Gasteiger partial charge in [-0.1, -0.05) is 0 Å². The van der Waals surface area contributed by atoms with Gasteiger partial charge in [-0.2, -0.15) is 0 Å². The molecular formula is C6H8N2O3. The Kier molecular flexibility index (Phi) is 1.25. The topological polar surface area (TPSA) is 67.2 Å². The van der Waals surface area contributed by atoms with Crippen LogP contribution in [0.2, 0.25) is 0 Å². The van der Waals surface area contributed by atoms with Gasteiger partial charge in [-0.15, -0.1) is 4.73 Å². The summed E-state index contributed by atoms with van der Waals surface area (Å²) in [5.74, 6) is 0. The second kappa shape index (κ2) is 2.13. The Morgan fingerprint density at radius 3 is 3.18 bits per heavy atom. The number of fused-ring (bicyclic) bond motifs is 1. The maximum atomic E-state index is 10.8. The first kappa shape index (κ1) is 6.48. The first-order valence-corrected chi connectivity index (χ1v) is 3.39. The molecule has 0 bridgehead atoms. The molecule has 0 fully saturated rings.